The fourth-order valence-electron chi connectivity index (χ4n) is 5.77. The first-order valence-corrected chi connectivity index (χ1v) is 12.3. The Bertz CT molecular complexity index is 851. The van der Waals surface area contributed by atoms with Gasteiger partial charge in [-0.15, -0.1) is 0 Å². The third kappa shape index (κ3) is 5.12. The van der Waals surface area contributed by atoms with Gasteiger partial charge in [0.25, 0.3) is 0 Å². The molecular formula is C27H36FN3. The molecule has 2 saturated heterocycles. The number of halogens is 1. The molecule has 0 saturated carbocycles. The molecule has 31 heavy (non-hydrogen) atoms. The van der Waals surface area contributed by atoms with Gasteiger partial charge in [-0.2, -0.15) is 0 Å². The lowest BCUT2D eigenvalue weighted by Crippen LogP contribution is -2.45. The molecular weight excluding hydrogens is 385 g/mol. The van der Waals surface area contributed by atoms with Crippen LogP contribution in [-0.4, -0.2) is 50.2 Å². The zero-order valence-corrected chi connectivity index (χ0v) is 18.7. The van der Waals surface area contributed by atoms with E-state index < -0.39 is 0 Å². The van der Waals surface area contributed by atoms with E-state index >= 15 is 0 Å². The first kappa shape index (κ1) is 21.0. The summed E-state index contributed by atoms with van der Waals surface area (Å²) in [6, 6.07) is 15.0. The molecule has 3 nitrogen and oxygen atoms in total. The first-order valence-electron chi connectivity index (χ1n) is 12.3. The SMILES string of the molecule is Fc1ccc(CCN2CCC(N3CCc4ccc(CC5CCNCC5)cc43)CC2)cc1. The molecule has 0 radical (unpaired) electrons. The van der Waals surface area contributed by atoms with Gasteiger partial charge < -0.3 is 15.1 Å². The Hall–Kier alpha value is -1.91. The minimum Gasteiger partial charge on any atom is -0.368 e. The molecule has 2 aromatic carbocycles. The highest BCUT2D eigenvalue weighted by Gasteiger charge is 2.29. The highest BCUT2D eigenvalue weighted by molar-refractivity contribution is 5.60. The van der Waals surface area contributed by atoms with Crippen LogP contribution in [0.2, 0.25) is 0 Å². The van der Waals surface area contributed by atoms with Crippen molar-refractivity contribution >= 4 is 5.69 Å². The van der Waals surface area contributed by atoms with E-state index in [4.69, 9.17) is 0 Å². The maximum absolute atomic E-state index is 13.1. The van der Waals surface area contributed by atoms with Gasteiger partial charge in [0.2, 0.25) is 0 Å². The van der Waals surface area contributed by atoms with Crippen LogP contribution in [0.25, 0.3) is 0 Å². The number of likely N-dealkylation sites (tertiary alicyclic amines) is 1. The molecule has 0 amide bonds. The lowest BCUT2D eigenvalue weighted by atomic mass is 9.90. The van der Waals surface area contributed by atoms with Crippen molar-refractivity contribution in [1.82, 2.24) is 10.2 Å². The normalized spacial score (nSPS) is 20.9. The summed E-state index contributed by atoms with van der Waals surface area (Å²) in [6.45, 7) is 6.98. The van der Waals surface area contributed by atoms with Gasteiger partial charge in [-0.05, 0) is 98.8 Å². The van der Waals surface area contributed by atoms with E-state index in [1.54, 1.807) is 17.7 Å². The topological polar surface area (TPSA) is 18.5 Å². The van der Waals surface area contributed by atoms with Crippen LogP contribution in [0.15, 0.2) is 42.5 Å². The maximum atomic E-state index is 13.1. The Kier molecular flexibility index (Phi) is 6.56. The van der Waals surface area contributed by atoms with Gasteiger partial charge in [0.1, 0.15) is 5.82 Å². The fourth-order valence-corrected chi connectivity index (χ4v) is 5.77. The molecule has 0 atom stereocenters. The van der Waals surface area contributed by atoms with Crippen molar-refractivity contribution in [3.63, 3.8) is 0 Å². The summed E-state index contributed by atoms with van der Waals surface area (Å²) in [5.74, 6) is 0.702. The van der Waals surface area contributed by atoms with Crippen LogP contribution in [0, 0.1) is 11.7 Å². The Balaban J connectivity index is 1.15. The average Bonchev–Trinajstić information content (AvgIpc) is 3.23. The van der Waals surface area contributed by atoms with Crippen molar-refractivity contribution < 1.29 is 4.39 Å². The lowest BCUT2D eigenvalue weighted by molar-refractivity contribution is 0.212. The number of piperidine rings is 2. The molecule has 4 heteroatoms. The van der Waals surface area contributed by atoms with Gasteiger partial charge in [-0.25, -0.2) is 4.39 Å². The van der Waals surface area contributed by atoms with E-state index in [1.165, 1.54) is 88.1 Å². The predicted octanol–water partition coefficient (Wildman–Crippen LogP) is 4.44. The summed E-state index contributed by atoms with van der Waals surface area (Å²) < 4.78 is 13.1. The van der Waals surface area contributed by atoms with Crippen molar-refractivity contribution in [2.24, 2.45) is 5.92 Å². The fraction of sp³-hybridized carbons (Fsp3) is 0.556. The highest BCUT2D eigenvalue weighted by atomic mass is 19.1. The smallest absolute Gasteiger partial charge is 0.123 e. The van der Waals surface area contributed by atoms with Crippen LogP contribution in [-0.2, 0) is 19.3 Å². The Morgan fingerprint density at radius 2 is 1.61 bits per heavy atom. The molecule has 3 aliphatic rings. The van der Waals surface area contributed by atoms with Crippen molar-refractivity contribution in [3.05, 3.63) is 65.0 Å². The molecule has 5 rings (SSSR count). The zero-order chi connectivity index (χ0) is 21.0. The summed E-state index contributed by atoms with van der Waals surface area (Å²) in [5, 5.41) is 3.49. The largest absolute Gasteiger partial charge is 0.368 e. The van der Waals surface area contributed by atoms with Gasteiger partial charge in [0.15, 0.2) is 0 Å². The summed E-state index contributed by atoms with van der Waals surface area (Å²) in [7, 11) is 0. The van der Waals surface area contributed by atoms with Gasteiger partial charge >= 0.3 is 0 Å². The molecule has 0 spiro atoms. The van der Waals surface area contributed by atoms with E-state index in [2.05, 4.69) is 33.3 Å². The van der Waals surface area contributed by atoms with Crippen LogP contribution in [0.5, 0.6) is 0 Å². The second kappa shape index (κ2) is 9.70. The second-order valence-electron chi connectivity index (χ2n) is 9.75. The number of benzene rings is 2. The summed E-state index contributed by atoms with van der Waals surface area (Å²) in [5.41, 5.74) is 5.84. The van der Waals surface area contributed by atoms with Crippen LogP contribution in [0.3, 0.4) is 0 Å². The average molecular weight is 422 g/mol. The summed E-state index contributed by atoms with van der Waals surface area (Å²) in [6.07, 6.45) is 8.59. The van der Waals surface area contributed by atoms with Gasteiger partial charge in [0.05, 0.1) is 0 Å². The van der Waals surface area contributed by atoms with Crippen molar-refractivity contribution in [2.45, 2.75) is 51.0 Å². The monoisotopic (exact) mass is 421 g/mol. The summed E-state index contributed by atoms with van der Waals surface area (Å²) >= 11 is 0. The molecule has 0 unspecified atom stereocenters. The van der Waals surface area contributed by atoms with Crippen molar-refractivity contribution in [3.8, 4) is 0 Å². The number of fused-ring (bicyclic) bond motifs is 1. The Morgan fingerprint density at radius 3 is 2.39 bits per heavy atom. The minimum atomic E-state index is -0.144. The van der Waals surface area contributed by atoms with E-state index in [0.29, 0.717) is 6.04 Å². The third-order valence-electron chi connectivity index (χ3n) is 7.69. The molecule has 3 heterocycles. The minimum absolute atomic E-state index is 0.144. The number of nitrogens with one attached hydrogen (secondary N) is 1. The van der Waals surface area contributed by atoms with E-state index in [1.807, 2.05) is 12.1 Å². The number of anilines is 1. The molecule has 2 fully saturated rings. The molecule has 0 bridgehead atoms. The van der Waals surface area contributed by atoms with Crippen molar-refractivity contribution in [2.75, 3.05) is 44.2 Å². The van der Waals surface area contributed by atoms with Crippen molar-refractivity contribution in [1.29, 1.82) is 0 Å². The first-order chi connectivity index (χ1) is 15.2. The zero-order valence-electron chi connectivity index (χ0n) is 18.7. The molecule has 0 aliphatic carbocycles. The standard InChI is InChI=1S/C27H36FN3/c28-25-5-2-21(3-6-25)9-15-30-16-11-26(12-17-30)31-18-10-24-4-1-23(20-27(24)31)19-22-7-13-29-14-8-22/h1-6,20,22,26,29H,7-19H2. The molecule has 166 valence electrons. The molecule has 3 aliphatic heterocycles. The summed E-state index contributed by atoms with van der Waals surface area (Å²) in [4.78, 5) is 5.31. The van der Waals surface area contributed by atoms with E-state index in [9.17, 15) is 4.39 Å². The molecule has 0 aromatic heterocycles. The van der Waals surface area contributed by atoms with Gasteiger partial charge in [-0.1, -0.05) is 24.3 Å². The number of nitrogens with zero attached hydrogens (tertiary/aromatic N) is 2. The van der Waals surface area contributed by atoms with Crippen LogP contribution in [0.1, 0.15) is 42.4 Å². The van der Waals surface area contributed by atoms with Gasteiger partial charge in [-0.3, -0.25) is 0 Å². The third-order valence-corrected chi connectivity index (χ3v) is 7.69. The number of rotatable bonds is 6. The molecule has 1 N–H and O–H groups in total. The Labute approximate surface area is 186 Å². The predicted molar refractivity (Wildman–Crippen MR) is 126 cm³/mol. The van der Waals surface area contributed by atoms with E-state index in [-0.39, 0.29) is 5.82 Å². The lowest BCUT2D eigenvalue weighted by Gasteiger charge is -2.38. The van der Waals surface area contributed by atoms with Crippen LogP contribution < -0.4 is 10.2 Å². The highest BCUT2D eigenvalue weighted by Crippen LogP contribution is 2.34. The number of hydrogen-bond acceptors (Lipinski definition) is 3. The Morgan fingerprint density at radius 1 is 0.871 bits per heavy atom. The van der Waals surface area contributed by atoms with E-state index in [0.717, 1.165) is 18.9 Å². The van der Waals surface area contributed by atoms with Crippen LogP contribution >= 0.6 is 0 Å². The van der Waals surface area contributed by atoms with Gasteiger partial charge in [0, 0.05) is 37.9 Å². The van der Waals surface area contributed by atoms with Crippen LogP contribution in [0.4, 0.5) is 10.1 Å². The maximum Gasteiger partial charge on any atom is 0.123 e. The quantitative estimate of drug-likeness (QED) is 0.744. The molecule has 2 aromatic rings. The number of hydrogen-bond donors (Lipinski definition) is 1. The second-order valence-corrected chi connectivity index (χ2v) is 9.75.